The maximum absolute atomic E-state index is 12.9. The van der Waals surface area contributed by atoms with Gasteiger partial charge in [0, 0.05) is 6.42 Å². The molecule has 1 N–H and O–H groups in total. The van der Waals surface area contributed by atoms with Crippen LogP contribution in [0, 0.1) is 17.8 Å². The van der Waals surface area contributed by atoms with E-state index >= 15 is 0 Å². The zero-order chi connectivity index (χ0) is 31.6. The normalized spacial score (nSPS) is 24.3. The second-order valence-electron chi connectivity index (χ2n) is 11.7. The van der Waals surface area contributed by atoms with Gasteiger partial charge in [0.2, 0.25) is 0 Å². The summed E-state index contributed by atoms with van der Waals surface area (Å²) in [5.74, 6) is 1.07. The van der Waals surface area contributed by atoms with Gasteiger partial charge in [0.25, 0.3) is 0 Å². The zero-order valence-corrected chi connectivity index (χ0v) is 26.2. The number of hydrogen-bond donors (Lipinski definition) is 1. The quantitative estimate of drug-likeness (QED) is 0.155. The molecule has 1 fully saturated rings. The number of esters is 2. The Bertz CT molecular complexity index is 1180. The van der Waals surface area contributed by atoms with E-state index in [-0.39, 0.29) is 48.8 Å². The smallest absolute Gasteiger partial charge is 0.482 e. The maximum Gasteiger partial charge on any atom is 0.509 e. The van der Waals surface area contributed by atoms with Gasteiger partial charge in [-0.05, 0) is 86.8 Å². The van der Waals surface area contributed by atoms with Gasteiger partial charge >= 0.3 is 24.6 Å². The van der Waals surface area contributed by atoms with Crippen molar-refractivity contribution >= 4 is 18.1 Å². The molecule has 0 bridgehead atoms. The van der Waals surface area contributed by atoms with Crippen LogP contribution in [0.4, 0.5) is 4.79 Å². The van der Waals surface area contributed by atoms with E-state index in [1.165, 1.54) is 7.11 Å². The lowest BCUT2D eigenvalue weighted by Crippen LogP contribution is -2.30. The number of benzene rings is 1. The van der Waals surface area contributed by atoms with Crippen LogP contribution in [0.15, 0.2) is 29.7 Å². The van der Waals surface area contributed by atoms with Crippen molar-refractivity contribution in [2.75, 3.05) is 20.3 Å². The fourth-order valence-electron chi connectivity index (χ4n) is 6.64. The molecule has 2 aliphatic carbocycles. The Balaban J connectivity index is 1.48. The van der Waals surface area contributed by atoms with Crippen LogP contribution < -0.4 is 4.74 Å². The molecule has 0 saturated heterocycles. The molecular formula is C33H46O11. The monoisotopic (exact) mass is 618 g/mol. The van der Waals surface area contributed by atoms with Gasteiger partial charge in [-0.25, -0.2) is 9.59 Å². The van der Waals surface area contributed by atoms with Gasteiger partial charge in [0.1, 0.15) is 23.7 Å². The van der Waals surface area contributed by atoms with Crippen molar-refractivity contribution in [2.45, 2.75) is 104 Å². The Morgan fingerprint density at radius 3 is 2.59 bits per heavy atom. The van der Waals surface area contributed by atoms with E-state index in [0.717, 1.165) is 56.1 Å². The van der Waals surface area contributed by atoms with E-state index in [2.05, 4.69) is 13.0 Å². The number of hydrogen-bond acceptors (Lipinski definition) is 11. The first-order valence-electron chi connectivity index (χ1n) is 15.8. The Hall–Kier alpha value is -3.47. The van der Waals surface area contributed by atoms with E-state index in [1.54, 1.807) is 13.8 Å². The molecule has 1 saturated carbocycles. The molecule has 4 rings (SSSR count). The summed E-state index contributed by atoms with van der Waals surface area (Å²) in [7, 11) is 1.33. The topological polar surface area (TPSA) is 136 Å². The molecule has 11 nitrogen and oxygen atoms in total. The van der Waals surface area contributed by atoms with Gasteiger partial charge in [0.15, 0.2) is 19.0 Å². The Morgan fingerprint density at radius 1 is 1.07 bits per heavy atom. The average Bonchev–Trinajstić information content (AvgIpc) is 3.52. The molecule has 0 radical (unpaired) electrons. The van der Waals surface area contributed by atoms with Gasteiger partial charge in [-0.3, -0.25) is 4.79 Å². The third kappa shape index (κ3) is 8.80. The van der Waals surface area contributed by atoms with Crippen molar-refractivity contribution in [3.05, 3.63) is 40.8 Å². The van der Waals surface area contributed by atoms with Gasteiger partial charge in [0.05, 0.1) is 7.11 Å². The molecule has 1 aliphatic heterocycles. The average molecular weight is 619 g/mol. The Morgan fingerprint density at radius 2 is 1.89 bits per heavy atom. The van der Waals surface area contributed by atoms with Gasteiger partial charge in [-0.2, -0.15) is 0 Å². The summed E-state index contributed by atoms with van der Waals surface area (Å²) < 4.78 is 37.8. The molecule has 1 aromatic carbocycles. The fourth-order valence-corrected chi connectivity index (χ4v) is 6.64. The third-order valence-corrected chi connectivity index (χ3v) is 8.91. The van der Waals surface area contributed by atoms with Gasteiger partial charge < -0.3 is 38.3 Å². The minimum absolute atomic E-state index is 0.0307. The summed E-state index contributed by atoms with van der Waals surface area (Å²) in [6.07, 6.45) is 6.43. The molecular weight excluding hydrogens is 572 g/mol. The number of fused-ring (bicyclic) bond motifs is 2. The second-order valence-corrected chi connectivity index (χ2v) is 11.7. The summed E-state index contributed by atoms with van der Waals surface area (Å²) in [5, 5.41) is 9.51. The molecule has 11 heteroatoms. The number of aliphatic hydroxyl groups excluding tert-OH is 1. The van der Waals surface area contributed by atoms with E-state index in [0.29, 0.717) is 30.8 Å². The maximum atomic E-state index is 12.9. The van der Waals surface area contributed by atoms with Crippen LogP contribution in [-0.2, 0) is 50.9 Å². The van der Waals surface area contributed by atoms with Crippen molar-refractivity contribution in [1.82, 2.24) is 0 Å². The van der Waals surface area contributed by atoms with Crippen molar-refractivity contribution in [1.29, 1.82) is 0 Å². The summed E-state index contributed by atoms with van der Waals surface area (Å²) in [6, 6.07) is 5.88. The van der Waals surface area contributed by atoms with Gasteiger partial charge in [-0.1, -0.05) is 38.8 Å². The molecule has 0 aromatic heterocycles. The molecule has 3 aliphatic rings. The molecule has 1 unspecified atom stereocenters. The molecule has 44 heavy (non-hydrogen) atoms. The number of aliphatic hydroxyl groups is 1. The Kier molecular flexibility index (Phi) is 12.2. The standard InChI is InChI=1S/C33H46O11/c1-5-7-8-11-23(42-30(34)6-2)13-14-24-25-15-21-10-9-12-27(39-19-31(35)38-4)26(21)16-22(25)17-28(24)43-32(36)40-18-29-20(3)41-33(37)44-29/h9-10,12,22-25,28,33,37H,5-8,11,13-19H2,1-4H3/t22-,23+,24+,25-,28+,33?/m0/s1. The fraction of sp³-hybridized carbons (Fsp3) is 0.667. The first kappa shape index (κ1) is 33.4. The first-order chi connectivity index (χ1) is 21.2. The lowest BCUT2D eigenvalue weighted by Gasteiger charge is -2.33. The molecule has 1 heterocycles. The van der Waals surface area contributed by atoms with Crippen LogP contribution in [0.5, 0.6) is 5.75 Å². The predicted octanol–water partition coefficient (Wildman–Crippen LogP) is 5.35. The minimum atomic E-state index is -1.41. The number of rotatable bonds is 15. The highest BCUT2D eigenvalue weighted by atomic mass is 16.8. The second kappa shape index (κ2) is 16.0. The first-order valence-corrected chi connectivity index (χ1v) is 15.8. The Labute approximate surface area is 259 Å². The molecule has 1 aromatic rings. The van der Waals surface area contributed by atoms with Crippen molar-refractivity contribution in [3.8, 4) is 5.75 Å². The van der Waals surface area contributed by atoms with Crippen molar-refractivity contribution in [2.24, 2.45) is 17.8 Å². The van der Waals surface area contributed by atoms with Crippen molar-refractivity contribution in [3.63, 3.8) is 0 Å². The van der Waals surface area contributed by atoms with Crippen LogP contribution in [0.3, 0.4) is 0 Å². The number of carbonyl (C=O) groups excluding carboxylic acids is 3. The lowest BCUT2D eigenvalue weighted by atomic mass is 9.73. The molecule has 0 amide bonds. The highest BCUT2D eigenvalue weighted by Crippen LogP contribution is 2.49. The highest BCUT2D eigenvalue weighted by molar-refractivity contribution is 5.71. The van der Waals surface area contributed by atoms with E-state index in [4.69, 9.17) is 33.2 Å². The van der Waals surface area contributed by atoms with Crippen LogP contribution in [0.1, 0.15) is 83.3 Å². The third-order valence-electron chi connectivity index (χ3n) is 8.91. The van der Waals surface area contributed by atoms with E-state index < -0.39 is 24.7 Å². The van der Waals surface area contributed by atoms with E-state index in [9.17, 15) is 19.5 Å². The van der Waals surface area contributed by atoms with E-state index in [1.807, 2.05) is 12.1 Å². The predicted molar refractivity (Wildman–Crippen MR) is 157 cm³/mol. The summed E-state index contributed by atoms with van der Waals surface area (Å²) >= 11 is 0. The highest BCUT2D eigenvalue weighted by Gasteiger charge is 2.47. The largest absolute Gasteiger partial charge is 0.509 e. The summed E-state index contributed by atoms with van der Waals surface area (Å²) in [5.41, 5.74) is 2.21. The zero-order valence-electron chi connectivity index (χ0n) is 26.2. The molecule has 6 atom stereocenters. The van der Waals surface area contributed by atoms with Crippen LogP contribution in [0.25, 0.3) is 0 Å². The SMILES string of the molecule is CCCCC[C@H](CC[C@@H]1[C@H]2Cc3cccc(OCC(=O)OC)c3C[C@H]2C[C@H]1OC(=O)OCC1=C(C)OC(O)O1)OC(=O)CC. The van der Waals surface area contributed by atoms with Crippen molar-refractivity contribution < 1.29 is 52.6 Å². The van der Waals surface area contributed by atoms with Crippen LogP contribution in [0.2, 0.25) is 0 Å². The lowest BCUT2D eigenvalue weighted by molar-refractivity contribution is -0.194. The van der Waals surface area contributed by atoms with Crippen LogP contribution in [-0.4, -0.2) is 62.2 Å². The minimum Gasteiger partial charge on any atom is -0.482 e. The van der Waals surface area contributed by atoms with Crippen LogP contribution >= 0.6 is 0 Å². The van der Waals surface area contributed by atoms with Gasteiger partial charge in [-0.15, -0.1) is 0 Å². The summed E-state index contributed by atoms with van der Waals surface area (Å²) in [4.78, 5) is 36.8. The number of unbranched alkanes of at least 4 members (excludes halogenated alkanes) is 2. The number of ether oxygens (including phenoxy) is 7. The number of allylic oxidation sites excluding steroid dienone is 1. The number of carbonyl (C=O) groups is 3. The number of methoxy groups -OCH3 is 1. The summed E-state index contributed by atoms with van der Waals surface area (Å²) in [6.45, 7) is 3.75. The molecule has 244 valence electrons. The molecule has 0 spiro atoms.